The van der Waals surface area contributed by atoms with Gasteiger partial charge in [-0.2, -0.15) is 0 Å². The number of anilines is 2. The van der Waals surface area contributed by atoms with Crippen molar-refractivity contribution in [3.05, 3.63) is 11.4 Å². The zero-order valence-electron chi connectivity index (χ0n) is 13.5. The molecule has 2 aliphatic rings. The molecule has 1 saturated carbocycles. The molecule has 0 spiro atoms. The SMILES string of the molecule is CCNc1nc(C2CC2)nc(NC2(C)CCOC2C)c1C. The van der Waals surface area contributed by atoms with Gasteiger partial charge >= 0.3 is 0 Å². The summed E-state index contributed by atoms with van der Waals surface area (Å²) in [6, 6.07) is 0. The Balaban J connectivity index is 1.92. The van der Waals surface area contributed by atoms with Gasteiger partial charge in [-0.25, -0.2) is 9.97 Å². The van der Waals surface area contributed by atoms with E-state index in [0.29, 0.717) is 5.92 Å². The van der Waals surface area contributed by atoms with E-state index in [2.05, 4.69) is 38.3 Å². The Morgan fingerprint density at radius 2 is 2.00 bits per heavy atom. The predicted molar refractivity (Wildman–Crippen MR) is 85.0 cm³/mol. The van der Waals surface area contributed by atoms with Gasteiger partial charge in [0.15, 0.2) is 0 Å². The molecule has 1 aliphatic heterocycles. The average Bonchev–Trinajstić information content (AvgIpc) is 3.23. The first-order chi connectivity index (χ1) is 10.0. The smallest absolute Gasteiger partial charge is 0.136 e. The molecule has 0 radical (unpaired) electrons. The maximum Gasteiger partial charge on any atom is 0.136 e. The number of hydrogen-bond acceptors (Lipinski definition) is 5. The summed E-state index contributed by atoms with van der Waals surface area (Å²) in [5.41, 5.74) is 1.05. The van der Waals surface area contributed by atoms with Crippen molar-refractivity contribution in [3.63, 3.8) is 0 Å². The lowest BCUT2D eigenvalue weighted by Crippen LogP contribution is -2.41. The lowest BCUT2D eigenvalue weighted by atomic mass is 9.94. The quantitative estimate of drug-likeness (QED) is 0.872. The van der Waals surface area contributed by atoms with Crippen LogP contribution in [-0.2, 0) is 4.74 Å². The van der Waals surface area contributed by atoms with Crippen molar-refractivity contribution in [2.24, 2.45) is 0 Å². The Hall–Kier alpha value is -1.36. The highest BCUT2D eigenvalue weighted by Crippen LogP contribution is 2.40. The summed E-state index contributed by atoms with van der Waals surface area (Å²) in [6.07, 6.45) is 3.63. The second-order valence-electron chi connectivity index (χ2n) is 6.51. The van der Waals surface area contributed by atoms with Crippen molar-refractivity contribution in [1.82, 2.24) is 9.97 Å². The molecule has 21 heavy (non-hydrogen) atoms. The van der Waals surface area contributed by atoms with Crippen LogP contribution in [-0.4, -0.2) is 34.8 Å². The fourth-order valence-corrected chi connectivity index (χ4v) is 2.79. The first kappa shape index (κ1) is 14.6. The summed E-state index contributed by atoms with van der Waals surface area (Å²) in [5.74, 6) is 3.46. The van der Waals surface area contributed by atoms with Gasteiger partial charge in [-0.15, -0.1) is 0 Å². The van der Waals surface area contributed by atoms with E-state index in [-0.39, 0.29) is 11.6 Å². The summed E-state index contributed by atoms with van der Waals surface area (Å²) < 4.78 is 5.73. The summed E-state index contributed by atoms with van der Waals surface area (Å²) in [4.78, 5) is 9.51. The monoisotopic (exact) mass is 290 g/mol. The third kappa shape index (κ3) is 2.84. The van der Waals surface area contributed by atoms with E-state index in [1.807, 2.05) is 0 Å². The van der Waals surface area contributed by atoms with Gasteiger partial charge in [0.05, 0.1) is 11.6 Å². The lowest BCUT2D eigenvalue weighted by molar-refractivity contribution is 0.105. The molecule has 2 N–H and O–H groups in total. The number of hydrogen-bond donors (Lipinski definition) is 2. The van der Waals surface area contributed by atoms with Crippen LogP contribution in [0, 0.1) is 6.92 Å². The minimum absolute atomic E-state index is 0.0522. The van der Waals surface area contributed by atoms with Crippen LogP contribution in [0.2, 0.25) is 0 Å². The minimum atomic E-state index is -0.0522. The van der Waals surface area contributed by atoms with Crippen LogP contribution in [0.15, 0.2) is 0 Å². The molecule has 1 saturated heterocycles. The van der Waals surface area contributed by atoms with Gasteiger partial charge in [-0.3, -0.25) is 0 Å². The van der Waals surface area contributed by atoms with Crippen molar-refractivity contribution in [2.75, 3.05) is 23.8 Å². The average molecular weight is 290 g/mol. The van der Waals surface area contributed by atoms with Crippen LogP contribution >= 0.6 is 0 Å². The number of aromatic nitrogens is 2. The number of rotatable bonds is 5. The highest BCUT2D eigenvalue weighted by molar-refractivity contribution is 5.58. The molecule has 1 aliphatic carbocycles. The van der Waals surface area contributed by atoms with E-state index in [1.165, 1.54) is 12.8 Å². The summed E-state index contributed by atoms with van der Waals surface area (Å²) in [7, 11) is 0. The van der Waals surface area contributed by atoms with Crippen LogP contribution in [0.4, 0.5) is 11.6 Å². The highest BCUT2D eigenvalue weighted by atomic mass is 16.5. The molecule has 0 amide bonds. The summed E-state index contributed by atoms with van der Waals surface area (Å²) in [6.45, 7) is 10.2. The van der Waals surface area contributed by atoms with Gasteiger partial charge in [0.1, 0.15) is 17.5 Å². The van der Waals surface area contributed by atoms with Crippen LogP contribution in [0.5, 0.6) is 0 Å². The van der Waals surface area contributed by atoms with Gasteiger partial charge in [-0.05, 0) is 47.0 Å². The van der Waals surface area contributed by atoms with Gasteiger partial charge < -0.3 is 15.4 Å². The Morgan fingerprint density at radius 1 is 1.29 bits per heavy atom. The Labute approximate surface area is 126 Å². The second kappa shape index (κ2) is 5.44. The van der Waals surface area contributed by atoms with Crippen molar-refractivity contribution in [2.45, 2.75) is 64.5 Å². The first-order valence-electron chi connectivity index (χ1n) is 8.05. The molecule has 0 aromatic carbocycles. The standard InChI is InChI=1S/C16H26N4O/c1-5-17-13-10(2)14(19-15(18-13)12-6-7-12)20-16(4)8-9-21-11(16)3/h11-12H,5-9H2,1-4H3,(H2,17,18,19,20). The first-order valence-corrected chi connectivity index (χ1v) is 8.05. The van der Waals surface area contributed by atoms with Crippen molar-refractivity contribution in [1.29, 1.82) is 0 Å². The largest absolute Gasteiger partial charge is 0.376 e. The highest BCUT2D eigenvalue weighted by Gasteiger charge is 2.38. The third-order valence-corrected chi connectivity index (χ3v) is 4.74. The molecule has 1 aromatic heterocycles. The second-order valence-corrected chi connectivity index (χ2v) is 6.51. The van der Waals surface area contributed by atoms with Crippen LogP contribution < -0.4 is 10.6 Å². The Bertz CT molecular complexity index is 529. The molecule has 2 fully saturated rings. The molecule has 3 rings (SSSR count). The van der Waals surface area contributed by atoms with Gasteiger partial charge in [0.25, 0.3) is 0 Å². The van der Waals surface area contributed by atoms with Crippen LogP contribution in [0.3, 0.4) is 0 Å². The molecule has 116 valence electrons. The molecule has 2 atom stereocenters. The lowest BCUT2D eigenvalue weighted by Gasteiger charge is -2.30. The number of ether oxygens (including phenoxy) is 1. The molecular weight excluding hydrogens is 264 g/mol. The van der Waals surface area contributed by atoms with Crippen molar-refractivity contribution in [3.8, 4) is 0 Å². The zero-order chi connectivity index (χ0) is 15.0. The fourth-order valence-electron chi connectivity index (χ4n) is 2.79. The summed E-state index contributed by atoms with van der Waals surface area (Å²) in [5, 5.41) is 7.01. The Kier molecular flexibility index (Phi) is 3.78. The maximum atomic E-state index is 5.73. The fraction of sp³-hybridized carbons (Fsp3) is 0.750. The molecule has 0 bridgehead atoms. The van der Waals surface area contributed by atoms with E-state index in [9.17, 15) is 0 Å². The van der Waals surface area contributed by atoms with E-state index in [0.717, 1.165) is 42.6 Å². The molecule has 5 heteroatoms. The molecular formula is C16H26N4O. The predicted octanol–water partition coefficient (Wildman–Crippen LogP) is 3.07. The Morgan fingerprint density at radius 3 is 2.57 bits per heavy atom. The van der Waals surface area contributed by atoms with E-state index in [1.54, 1.807) is 0 Å². The minimum Gasteiger partial charge on any atom is -0.376 e. The molecule has 2 unspecified atom stereocenters. The van der Waals surface area contributed by atoms with Gasteiger partial charge in [-0.1, -0.05) is 0 Å². The zero-order valence-corrected chi connectivity index (χ0v) is 13.5. The molecule has 1 aromatic rings. The third-order valence-electron chi connectivity index (χ3n) is 4.74. The van der Waals surface area contributed by atoms with Crippen molar-refractivity contribution < 1.29 is 4.74 Å². The number of nitrogens with one attached hydrogen (secondary N) is 2. The maximum absolute atomic E-state index is 5.73. The van der Waals surface area contributed by atoms with Gasteiger partial charge in [0, 0.05) is 24.6 Å². The van der Waals surface area contributed by atoms with E-state index < -0.39 is 0 Å². The van der Waals surface area contributed by atoms with Crippen molar-refractivity contribution >= 4 is 11.6 Å². The topological polar surface area (TPSA) is 59.1 Å². The van der Waals surface area contributed by atoms with Crippen LogP contribution in [0.25, 0.3) is 0 Å². The van der Waals surface area contributed by atoms with Gasteiger partial charge in [0.2, 0.25) is 0 Å². The molecule has 2 heterocycles. The van der Waals surface area contributed by atoms with E-state index >= 15 is 0 Å². The summed E-state index contributed by atoms with van der Waals surface area (Å²) >= 11 is 0. The number of nitrogens with zero attached hydrogens (tertiary/aromatic N) is 2. The van der Waals surface area contributed by atoms with Crippen LogP contribution in [0.1, 0.15) is 57.3 Å². The van der Waals surface area contributed by atoms with E-state index in [4.69, 9.17) is 14.7 Å². The molecule has 5 nitrogen and oxygen atoms in total. The normalized spacial score (nSPS) is 28.7.